The molecule has 0 aliphatic heterocycles. The van der Waals surface area contributed by atoms with Crippen LogP contribution in [-0.4, -0.2) is 17.2 Å². The zero-order chi connectivity index (χ0) is 12.8. The van der Waals surface area contributed by atoms with Gasteiger partial charge in [-0.3, -0.25) is 0 Å². The lowest BCUT2D eigenvalue weighted by Gasteiger charge is -2.25. The first kappa shape index (κ1) is 14.1. The van der Waals surface area contributed by atoms with Crippen LogP contribution in [0, 0.1) is 12.8 Å². The molecule has 0 aliphatic rings. The van der Waals surface area contributed by atoms with Gasteiger partial charge in [-0.1, -0.05) is 27.2 Å². The van der Waals surface area contributed by atoms with E-state index in [4.69, 9.17) is 0 Å². The third-order valence-corrected chi connectivity index (χ3v) is 3.32. The molecule has 0 radical (unpaired) electrons. The van der Waals surface area contributed by atoms with Crippen LogP contribution in [0.5, 0.6) is 0 Å². The molecule has 0 fully saturated rings. The van der Waals surface area contributed by atoms with Crippen molar-refractivity contribution >= 4 is 0 Å². The second kappa shape index (κ2) is 6.70. The van der Waals surface area contributed by atoms with Crippen molar-refractivity contribution in [3.8, 4) is 0 Å². The van der Waals surface area contributed by atoms with E-state index in [1.54, 1.807) is 0 Å². The fourth-order valence-electron chi connectivity index (χ4n) is 2.45. The fraction of sp³-hybridized carbons (Fsp3) is 0.714. The molecule has 1 aromatic heterocycles. The number of rotatable bonds is 6. The van der Waals surface area contributed by atoms with Crippen molar-refractivity contribution < 1.29 is 0 Å². The molecule has 1 rings (SSSR count). The van der Waals surface area contributed by atoms with E-state index in [-0.39, 0.29) is 0 Å². The Hall–Kier alpha value is -0.960. The molecule has 0 aliphatic carbocycles. The second-order valence-corrected chi connectivity index (χ2v) is 4.77. The fourth-order valence-corrected chi connectivity index (χ4v) is 2.45. The van der Waals surface area contributed by atoms with Crippen LogP contribution in [0.15, 0.2) is 6.07 Å². The molecular weight excluding hydrogens is 210 g/mol. The van der Waals surface area contributed by atoms with Crippen LogP contribution in [0.25, 0.3) is 0 Å². The number of nitrogens with zero attached hydrogens (tertiary/aromatic N) is 2. The van der Waals surface area contributed by atoms with Gasteiger partial charge in [0.25, 0.3) is 0 Å². The van der Waals surface area contributed by atoms with Gasteiger partial charge < -0.3 is 5.32 Å². The molecule has 0 saturated heterocycles. The lowest BCUT2D eigenvalue weighted by Crippen LogP contribution is -2.25. The van der Waals surface area contributed by atoms with Crippen molar-refractivity contribution in [2.75, 3.05) is 7.05 Å². The van der Waals surface area contributed by atoms with Crippen LogP contribution in [0.2, 0.25) is 0 Å². The third-order valence-electron chi connectivity index (χ3n) is 3.32. The Kier molecular flexibility index (Phi) is 5.56. The summed E-state index contributed by atoms with van der Waals surface area (Å²) in [5.74, 6) is 0.624. The quantitative estimate of drug-likeness (QED) is 0.823. The predicted molar refractivity (Wildman–Crippen MR) is 72.0 cm³/mol. The molecule has 2 atom stereocenters. The highest BCUT2D eigenvalue weighted by Crippen LogP contribution is 2.27. The van der Waals surface area contributed by atoms with E-state index in [1.165, 1.54) is 18.4 Å². The number of hydrogen-bond donors (Lipinski definition) is 1. The average molecular weight is 235 g/mol. The summed E-state index contributed by atoms with van der Waals surface area (Å²) in [4.78, 5) is 0. The Balaban J connectivity index is 3.05. The van der Waals surface area contributed by atoms with Crippen LogP contribution in [0.3, 0.4) is 0 Å². The zero-order valence-corrected chi connectivity index (χ0v) is 11.7. The van der Waals surface area contributed by atoms with E-state index in [1.807, 2.05) is 14.0 Å². The van der Waals surface area contributed by atoms with Gasteiger partial charge in [-0.15, -0.1) is 0 Å². The lowest BCUT2D eigenvalue weighted by molar-refractivity contribution is 0.380. The molecule has 2 unspecified atom stereocenters. The topological polar surface area (TPSA) is 37.8 Å². The first-order valence-corrected chi connectivity index (χ1v) is 6.64. The van der Waals surface area contributed by atoms with Crippen LogP contribution in [0.4, 0.5) is 0 Å². The zero-order valence-electron chi connectivity index (χ0n) is 11.7. The van der Waals surface area contributed by atoms with E-state index >= 15 is 0 Å². The molecule has 1 N–H and O–H groups in total. The minimum Gasteiger partial charge on any atom is -0.313 e. The van der Waals surface area contributed by atoms with E-state index in [2.05, 4.69) is 42.4 Å². The van der Waals surface area contributed by atoms with Gasteiger partial charge >= 0.3 is 0 Å². The van der Waals surface area contributed by atoms with Crippen molar-refractivity contribution in [3.63, 3.8) is 0 Å². The van der Waals surface area contributed by atoms with Crippen LogP contribution >= 0.6 is 0 Å². The van der Waals surface area contributed by atoms with Gasteiger partial charge in [0.2, 0.25) is 0 Å². The highest BCUT2D eigenvalue weighted by Gasteiger charge is 2.20. The summed E-state index contributed by atoms with van der Waals surface area (Å²) in [6, 6.07) is 2.57. The Morgan fingerprint density at radius 3 is 2.53 bits per heavy atom. The minimum absolute atomic E-state index is 0.388. The summed E-state index contributed by atoms with van der Waals surface area (Å²) in [5.41, 5.74) is 3.45. The SMILES string of the molecule is CCCC(C)C(NC)c1cc(C)nnc1CC. The van der Waals surface area contributed by atoms with Gasteiger partial charge in [-0.05, 0) is 44.4 Å². The molecular formula is C14H25N3. The van der Waals surface area contributed by atoms with Gasteiger partial charge in [-0.2, -0.15) is 10.2 Å². The highest BCUT2D eigenvalue weighted by molar-refractivity contribution is 5.25. The van der Waals surface area contributed by atoms with Crippen LogP contribution in [-0.2, 0) is 6.42 Å². The van der Waals surface area contributed by atoms with E-state index in [9.17, 15) is 0 Å². The van der Waals surface area contributed by atoms with Gasteiger partial charge in [0.05, 0.1) is 11.4 Å². The lowest BCUT2D eigenvalue weighted by atomic mass is 9.89. The molecule has 0 saturated carbocycles. The molecule has 1 aromatic rings. The van der Waals surface area contributed by atoms with Gasteiger partial charge in [-0.25, -0.2) is 0 Å². The monoisotopic (exact) mass is 235 g/mol. The first-order valence-electron chi connectivity index (χ1n) is 6.64. The van der Waals surface area contributed by atoms with Crippen molar-refractivity contribution in [1.82, 2.24) is 15.5 Å². The highest BCUT2D eigenvalue weighted by atomic mass is 15.1. The normalized spacial score (nSPS) is 14.6. The predicted octanol–water partition coefficient (Wildman–Crippen LogP) is 3.04. The average Bonchev–Trinajstić information content (AvgIpc) is 2.31. The van der Waals surface area contributed by atoms with Crippen molar-refractivity contribution in [2.45, 2.75) is 53.0 Å². The maximum absolute atomic E-state index is 4.32. The first-order chi connectivity index (χ1) is 8.13. The van der Waals surface area contributed by atoms with Crippen molar-refractivity contribution in [1.29, 1.82) is 0 Å². The molecule has 96 valence electrons. The van der Waals surface area contributed by atoms with Crippen LogP contribution in [0.1, 0.15) is 56.6 Å². The second-order valence-electron chi connectivity index (χ2n) is 4.77. The van der Waals surface area contributed by atoms with Crippen molar-refractivity contribution in [3.05, 3.63) is 23.0 Å². The summed E-state index contributed by atoms with van der Waals surface area (Å²) in [6.45, 7) is 8.69. The molecule has 1 heterocycles. The number of nitrogens with one attached hydrogen (secondary N) is 1. The molecule has 3 nitrogen and oxygen atoms in total. The Labute approximate surface area is 105 Å². The summed E-state index contributed by atoms with van der Waals surface area (Å²) < 4.78 is 0. The van der Waals surface area contributed by atoms with Crippen molar-refractivity contribution in [2.24, 2.45) is 5.92 Å². The summed E-state index contributed by atoms with van der Waals surface area (Å²) in [5, 5.41) is 11.9. The summed E-state index contributed by atoms with van der Waals surface area (Å²) in [6.07, 6.45) is 3.40. The Morgan fingerprint density at radius 1 is 1.29 bits per heavy atom. The standard InChI is InChI=1S/C14H25N3/c1-6-8-10(3)14(15-5)12-9-11(4)16-17-13(12)7-2/h9-10,14-15H,6-8H2,1-5H3. The molecule has 0 aromatic carbocycles. The summed E-state index contributed by atoms with van der Waals surface area (Å²) in [7, 11) is 2.03. The van der Waals surface area contributed by atoms with E-state index < -0.39 is 0 Å². The third kappa shape index (κ3) is 3.50. The Bertz CT molecular complexity index is 349. The molecule has 0 spiro atoms. The smallest absolute Gasteiger partial charge is 0.0676 e. The maximum Gasteiger partial charge on any atom is 0.0676 e. The number of aryl methyl sites for hydroxylation is 2. The van der Waals surface area contributed by atoms with E-state index in [0.29, 0.717) is 12.0 Å². The maximum atomic E-state index is 4.32. The van der Waals surface area contributed by atoms with Gasteiger partial charge in [0.1, 0.15) is 0 Å². The van der Waals surface area contributed by atoms with Gasteiger partial charge in [0, 0.05) is 6.04 Å². The largest absolute Gasteiger partial charge is 0.313 e. The Morgan fingerprint density at radius 2 is 2.00 bits per heavy atom. The van der Waals surface area contributed by atoms with Crippen LogP contribution < -0.4 is 5.32 Å². The molecule has 17 heavy (non-hydrogen) atoms. The molecule has 0 bridgehead atoms. The number of hydrogen-bond acceptors (Lipinski definition) is 3. The molecule has 0 amide bonds. The summed E-state index contributed by atoms with van der Waals surface area (Å²) >= 11 is 0. The molecule has 3 heteroatoms. The van der Waals surface area contributed by atoms with E-state index in [0.717, 1.165) is 17.8 Å². The number of aromatic nitrogens is 2. The minimum atomic E-state index is 0.388. The van der Waals surface area contributed by atoms with Gasteiger partial charge in [0.15, 0.2) is 0 Å².